The van der Waals surface area contributed by atoms with Crippen molar-refractivity contribution < 1.29 is 4.79 Å². The Labute approximate surface area is 138 Å². The summed E-state index contributed by atoms with van der Waals surface area (Å²) in [5.41, 5.74) is 2.44. The Bertz CT molecular complexity index is 586. The molecular formula is C19H25N3O. The molecule has 1 aromatic carbocycles. The van der Waals surface area contributed by atoms with Gasteiger partial charge in [0.1, 0.15) is 0 Å². The minimum absolute atomic E-state index is 0.185. The van der Waals surface area contributed by atoms with Gasteiger partial charge in [0.25, 0.3) is 0 Å². The Morgan fingerprint density at radius 1 is 0.957 bits per heavy atom. The zero-order chi connectivity index (χ0) is 16.5. The number of benzene rings is 1. The van der Waals surface area contributed by atoms with Gasteiger partial charge in [-0.15, -0.1) is 0 Å². The number of carbonyl (C=O) groups is 1. The molecule has 0 N–H and O–H groups in total. The molecule has 0 bridgehead atoms. The molecule has 0 aliphatic heterocycles. The maximum absolute atomic E-state index is 12.2. The average Bonchev–Trinajstić information content (AvgIpc) is 2.59. The van der Waals surface area contributed by atoms with E-state index in [9.17, 15) is 4.79 Å². The predicted molar refractivity (Wildman–Crippen MR) is 93.0 cm³/mol. The molecule has 23 heavy (non-hydrogen) atoms. The number of likely N-dealkylation sites (N-methyl/N-ethyl adjacent to an activating group) is 1. The zero-order valence-electron chi connectivity index (χ0n) is 14.0. The lowest BCUT2D eigenvalue weighted by molar-refractivity contribution is -0.130. The number of hydrogen-bond acceptors (Lipinski definition) is 3. The van der Waals surface area contributed by atoms with E-state index in [2.05, 4.69) is 16.9 Å². The molecule has 1 amide bonds. The van der Waals surface area contributed by atoms with Crippen molar-refractivity contribution in [1.29, 1.82) is 0 Å². The molecule has 0 fully saturated rings. The van der Waals surface area contributed by atoms with Crippen LogP contribution >= 0.6 is 0 Å². The number of aromatic nitrogens is 1. The van der Waals surface area contributed by atoms with Crippen molar-refractivity contribution in [2.45, 2.75) is 19.4 Å². The number of pyridine rings is 1. The first-order valence-electron chi connectivity index (χ1n) is 8.00. The van der Waals surface area contributed by atoms with E-state index in [4.69, 9.17) is 0 Å². The highest BCUT2D eigenvalue weighted by Gasteiger charge is 2.10. The lowest BCUT2D eigenvalue weighted by Crippen LogP contribution is -2.31. The second kappa shape index (κ2) is 9.06. The molecule has 0 saturated heterocycles. The Kier molecular flexibility index (Phi) is 6.76. The van der Waals surface area contributed by atoms with E-state index in [1.165, 1.54) is 5.56 Å². The van der Waals surface area contributed by atoms with Crippen LogP contribution in [0.25, 0.3) is 0 Å². The molecular weight excluding hydrogens is 286 g/mol. The van der Waals surface area contributed by atoms with Crippen LogP contribution in [0.3, 0.4) is 0 Å². The highest BCUT2D eigenvalue weighted by Crippen LogP contribution is 2.05. The molecule has 0 aliphatic rings. The summed E-state index contributed by atoms with van der Waals surface area (Å²) in [6, 6.07) is 14.2. The first-order valence-corrected chi connectivity index (χ1v) is 8.00. The van der Waals surface area contributed by atoms with E-state index in [1.54, 1.807) is 4.90 Å². The monoisotopic (exact) mass is 311 g/mol. The Balaban J connectivity index is 1.68. The average molecular weight is 311 g/mol. The smallest absolute Gasteiger partial charge is 0.223 e. The topological polar surface area (TPSA) is 36.4 Å². The first-order chi connectivity index (χ1) is 11.1. The summed E-state index contributed by atoms with van der Waals surface area (Å²) in [5, 5.41) is 0. The number of hydrogen-bond donors (Lipinski definition) is 0. The van der Waals surface area contributed by atoms with E-state index in [-0.39, 0.29) is 5.91 Å². The van der Waals surface area contributed by atoms with Crippen LogP contribution in [0.15, 0.2) is 54.9 Å². The van der Waals surface area contributed by atoms with Gasteiger partial charge in [-0.05, 0) is 36.7 Å². The van der Waals surface area contributed by atoms with Crippen LogP contribution < -0.4 is 0 Å². The molecule has 122 valence electrons. The fraction of sp³-hybridized carbons (Fsp3) is 0.368. The summed E-state index contributed by atoms with van der Waals surface area (Å²) in [4.78, 5) is 20.2. The molecule has 0 spiro atoms. The molecule has 0 radical (unpaired) electrons. The SMILES string of the molecule is CN(CCC(=O)N(C)Cc1ccccc1)CCc1ccncc1. The Morgan fingerprint density at radius 3 is 2.35 bits per heavy atom. The van der Waals surface area contributed by atoms with Crippen molar-refractivity contribution in [2.24, 2.45) is 0 Å². The lowest BCUT2D eigenvalue weighted by atomic mass is 10.2. The maximum atomic E-state index is 12.2. The zero-order valence-corrected chi connectivity index (χ0v) is 14.0. The minimum atomic E-state index is 0.185. The Morgan fingerprint density at radius 2 is 1.65 bits per heavy atom. The number of rotatable bonds is 8. The highest BCUT2D eigenvalue weighted by atomic mass is 16.2. The van der Waals surface area contributed by atoms with Gasteiger partial charge in [-0.1, -0.05) is 30.3 Å². The number of carbonyl (C=O) groups excluding carboxylic acids is 1. The summed E-state index contributed by atoms with van der Waals surface area (Å²) in [6.07, 6.45) is 5.16. The van der Waals surface area contributed by atoms with Crippen LogP contribution in [0.5, 0.6) is 0 Å². The second-order valence-corrected chi connectivity index (χ2v) is 5.89. The summed E-state index contributed by atoms with van der Waals surface area (Å²) < 4.78 is 0. The van der Waals surface area contributed by atoms with E-state index in [1.807, 2.05) is 61.9 Å². The first kappa shape index (κ1) is 17.2. The van der Waals surface area contributed by atoms with Crippen LogP contribution in [0.1, 0.15) is 17.5 Å². The molecule has 4 nitrogen and oxygen atoms in total. The van der Waals surface area contributed by atoms with Crippen molar-refractivity contribution in [3.05, 3.63) is 66.0 Å². The fourth-order valence-electron chi connectivity index (χ4n) is 2.40. The molecule has 2 rings (SSSR count). The summed E-state index contributed by atoms with van der Waals surface area (Å²) >= 11 is 0. The number of amides is 1. The van der Waals surface area contributed by atoms with Gasteiger partial charge in [0.2, 0.25) is 5.91 Å². The third-order valence-corrected chi connectivity index (χ3v) is 3.93. The van der Waals surface area contributed by atoms with Crippen molar-refractivity contribution in [3.8, 4) is 0 Å². The van der Waals surface area contributed by atoms with Gasteiger partial charge >= 0.3 is 0 Å². The molecule has 0 saturated carbocycles. The molecule has 0 atom stereocenters. The van der Waals surface area contributed by atoms with Gasteiger partial charge in [0.15, 0.2) is 0 Å². The normalized spacial score (nSPS) is 10.7. The van der Waals surface area contributed by atoms with Gasteiger partial charge in [-0.3, -0.25) is 9.78 Å². The summed E-state index contributed by atoms with van der Waals surface area (Å²) in [6.45, 7) is 2.39. The quantitative estimate of drug-likeness (QED) is 0.752. The third-order valence-electron chi connectivity index (χ3n) is 3.93. The fourth-order valence-corrected chi connectivity index (χ4v) is 2.40. The van der Waals surface area contributed by atoms with Gasteiger partial charge in [-0.25, -0.2) is 0 Å². The molecule has 2 aromatic rings. The van der Waals surface area contributed by atoms with Crippen molar-refractivity contribution in [1.82, 2.24) is 14.8 Å². The largest absolute Gasteiger partial charge is 0.341 e. The lowest BCUT2D eigenvalue weighted by Gasteiger charge is -2.20. The van der Waals surface area contributed by atoms with Crippen LogP contribution in [-0.2, 0) is 17.8 Å². The van der Waals surface area contributed by atoms with Crippen LogP contribution in [0.4, 0.5) is 0 Å². The molecule has 0 unspecified atom stereocenters. The Hall–Kier alpha value is -2.20. The standard InChI is InChI=1S/C19H25N3O/c1-21(14-10-17-8-12-20-13-9-17)15-11-19(23)22(2)16-18-6-4-3-5-7-18/h3-9,12-13H,10-11,14-16H2,1-2H3. The van der Waals surface area contributed by atoms with E-state index >= 15 is 0 Å². The van der Waals surface area contributed by atoms with E-state index < -0.39 is 0 Å². The molecule has 0 aliphatic carbocycles. The van der Waals surface area contributed by atoms with Crippen molar-refractivity contribution in [3.63, 3.8) is 0 Å². The van der Waals surface area contributed by atoms with Crippen LogP contribution in [0.2, 0.25) is 0 Å². The van der Waals surface area contributed by atoms with Gasteiger partial charge in [0.05, 0.1) is 0 Å². The van der Waals surface area contributed by atoms with Crippen molar-refractivity contribution in [2.75, 3.05) is 27.2 Å². The molecule has 1 aromatic heterocycles. The summed E-state index contributed by atoms with van der Waals surface area (Å²) in [5.74, 6) is 0.185. The number of nitrogens with zero attached hydrogens (tertiary/aromatic N) is 3. The van der Waals surface area contributed by atoms with E-state index in [0.29, 0.717) is 13.0 Å². The van der Waals surface area contributed by atoms with Crippen molar-refractivity contribution >= 4 is 5.91 Å². The molecule has 4 heteroatoms. The molecule has 1 heterocycles. The van der Waals surface area contributed by atoms with Crippen LogP contribution in [0, 0.1) is 0 Å². The van der Waals surface area contributed by atoms with E-state index in [0.717, 1.165) is 25.1 Å². The predicted octanol–water partition coefficient (Wildman–Crippen LogP) is 2.60. The second-order valence-electron chi connectivity index (χ2n) is 5.89. The van der Waals surface area contributed by atoms with Gasteiger partial charge in [0, 0.05) is 45.5 Å². The van der Waals surface area contributed by atoms with Gasteiger partial charge in [-0.2, -0.15) is 0 Å². The minimum Gasteiger partial charge on any atom is -0.341 e. The maximum Gasteiger partial charge on any atom is 0.223 e. The summed E-state index contributed by atoms with van der Waals surface area (Å²) in [7, 11) is 3.93. The third kappa shape index (κ3) is 6.20. The highest BCUT2D eigenvalue weighted by molar-refractivity contribution is 5.76. The van der Waals surface area contributed by atoms with Crippen LogP contribution in [-0.4, -0.2) is 47.9 Å². The van der Waals surface area contributed by atoms with Gasteiger partial charge < -0.3 is 9.80 Å².